The van der Waals surface area contributed by atoms with Gasteiger partial charge in [0.25, 0.3) is 0 Å². The molecule has 0 aliphatic carbocycles. The van der Waals surface area contributed by atoms with Gasteiger partial charge in [-0.15, -0.1) is 0 Å². The van der Waals surface area contributed by atoms with E-state index in [2.05, 4.69) is 5.10 Å². The molecule has 0 unspecified atom stereocenters. The van der Waals surface area contributed by atoms with Crippen molar-refractivity contribution in [3.63, 3.8) is 0 Å². The van der Waals surface area contributed by atoms with Crippen LogP contribution in [0.2, 0.25) is 0 Å². The highest BCUT2D eigenvalue weighted by Gasteiger charge is 2.02. The SMILES string of the molecule is CC(=O)Oc1ccc2c(cnn2C)c1. The standard InChI is InChI=1S/C10H10N2O2/c1-7(13)14-9-3-4-10-8(5-9)6-11-12(10)2/h3-6H,1-2H3. The molecule has 2 aromatic rings. The Morgan fingerprint density at radius 2 is 2.29 bits per heavy atom. The second-order valence-corrected chi connectivity index (χ2v) is 3.08. The van der Waals surface area contributed by atoms with Gasteiger partial charge in [0, 0.05) is 19.4 Å². The normalized spacial score (nSPS) is 10.4. The second kappa shape index (κ2) is 3.14. The summed E-state index contributed by atoms with van der Waals surface area (Å²) in [5.41, 5.74) is 1.01. The lowest BCUT2D eigenvalue weighted by molar-refractivity contribution is -0.131. The zero-order chi connectivity index (χ0) is 10.1. The third kappa shape index (κ3) is 1.46. The molecule has 2 rings (SSSR count). The molecule has 0 bridgehead atoms. The molecule has 14 heavy (non-hydrogen) atoms. The predicted molar refractivity (Wildman–Crippen MR) is 52.0 cm³/mol. The molecule has 0 aliphatic rings. The molecular formula is C10H10N2O2. The molecule has 0 radical (unpaired) electrons. The summed E-state index contributed by atoms with van der Waals surface area (Å²) in [6.45, 7) is 1.38. The van der Waals surface area contributed by atoms with Crippen LogP contribution in [0.1, 0.15) is 6.92 Å². The van der Waals surface area contributed by atoms with E-state index in [0.29, 0.717) is 5.75 Å². The minimum Gasteiger partial charge on any atom is -0.427 e. The number of hydrogen-bond acceptors (Lipinski definition) is 3. The number of hydrogen-bond donors (Lipinski definition) is 0. The summed E-state index contributed by atoms with van der Waals surface area (Å²) in [7, 11) is 1.87. The van der Waals surface area contributed by atoms with E-state index in [1.165, 1.54) is 6.92 Å². The van der Waals surface area contributed by atoms with Crippen LogP contribution in [0.3, 0.4) is 0 Å². The molecule has 0 aliphatic heterocycles. The summed E-state index contributed by atoms with van der Waals surface area (Å²) in [6.07, 6.45) is 1.74. The minimum absolute atomic E-state index is 0.312. The number of carbonyl (C=O) groups is 1. The first-order chi connectivity index (χ1) is 6.66. The molecule has 0 saturated carbocycles. The van der Waals surface area contributed by atoms with Gasteiger partial charge in [0.1, 0.15) is 5.75 Å². The van der Waals surface area contributed by atoms with Gasteiger partial charge in [0.2, 0.25) is 0 Å². The quantitative estimate of drug-likeness (QED) is 0.505. The van der Waals surface area contributed by atoms with E-state index >= 15 is 0 Å². The maximum Gasteiger partial charge on any atom is 0.308 e. The number of esters is 1. The van der Waals surface area contributed by atoms with E-state index in [-0.39, 0.29) is 5.97 Å². The second-order valence-electron chi connectivity index (χ2n) is 3.08. The monoisotopic (exact) mass is 190 g/mol. The Labute approximate surface area is 81.1 Å². The van der Waals surface area contributed by atoms with Gasteiger partial charge in [-0.05, 0) is 18.2 Å². The van der Waals surface area contributed by atoms with Gasteiger partial charge in [-0.2, -0.15) is 5.10 Å². The molecule has 4 heteroatoms. The predicted octanol–water partition coefficient (Wildman–Crippen LogP) is 1.50. The molecule has 4 nitrogen and oxygen atoms in total. The Bertz CT molecular complexity index is 488. The van der Waals surface area contributed by atoms with E-state index in [1.54, 1.807) is 23.0 Å². The summed E-state index contributed by atoms with van der Waals surface area (Å²) in [5, 5.41) is 5.06. The number of aromatic nitrogens is 2. The lowest BCUT2D eigenvalue weighted by Crippen LogP contribution is -2.00. The van der Waals surface area contributed by atoms with Crippen molar-refractivity contribution in [3.05, 3.63) is 24.4 Å². The van der Waals surface area contributed by atoms with Crippen LogP contribution < -0.4 is 4.74 Å². The van der Waals surface area contributed by atoms with Gasteiger partial charge in [0.05, 0.1) is 11.7 Å². The fraction of sp³-hybridized carbons (Fsp3) is 0.200. The topological polar surface area (TPSA) is 44.1 Å². The summed E-state index contributed by atoms with van der Waals surface area (Å²) in [5.74, 6) is 0.242. The Kier molecular flexibility index (Phi) is 1.96. The number of nitrogens with zero attached hydrogens (tertiary/aromatic N) is 2. The van der Waals surface area contributed by atoms with Crippen molar-refractivity contribution >= 4 is 16.9 Å². The first-order valence-electron chi connectivity index (χ1n) is 4.27. The van der Waals surface area contributed by atoms with Crippen LogP contribution in [0.4, 0.5) is 0 Å². The van der Waals surface area contributed by atoms with Crippen molar-refractivity contribution in [2.75, 3.05) is 0 Å². The van der Waals surface area contributed by atoms with Crippen molar-refractivity contribution in [2.24, 2.45) is 7.05 Å². The Morgan fingerprint density at radius 3 is 3.00 bits per heavy atom. The van der Waals surface area contributed by atoms with Crippen molar-refractivity contribution in [2.45, 2.75) is 6.92 Å². The third-order valence-electron chi connectivity index (χ3n) is 1.98. The average Bonchev–Trinajstić information content (AvgIpc) is 2.46. The van der Waals surface area contributed by atoms with Crippen molar-refractivity contribution in [1.82, 2.24) is 9.78 Å². The molecule has 0 spiro atoms. The minimum atomic E-state index is -0.312. The van der Waals surface area contributed by atoms with E-state index in [4.69, 9.17) is 4.74 Å². The van der Waals surface area contributed by atoms with Crippen LogP contribution in [-0.2, 0) is 11.8 Å². The molecule has 0 saturated heterocycles. The molecule has 0 fully saturated rings. The number of rotatable bonds is 1. The fourth-order valence-electron chi connectivity index (χ4n) is 1.37. The van der Waals surface area contributed by atoms with E-state index in [1.807, 2.05) is 13.1 Å². The summed E-state index contributed by atoms with van der Waals surface area (Å²) in [4.78, 5) is 10.7. The maximum absolute atomic E-state index is 10.7. The van der Waals surface area contributed by atoms with Gasteiger partial charge in [-0.1, -0.05) is 0 Å². The van der Waals surface area contributed by atoms with Crippen LogP contribution in [0.15, 0.2) is 24.4 Å². The molecule has 0 atom stereocenters. The third-order valence-corrected chi connectivity index (χ3v) is 1.98. The van der Waals surface area contributed by atoms with Crippen LogP contribution in [0, 0.1) is 0 Å². The molecule has 1 aromatic carbocycles. The number of ether oxygens (including phenoxy) is 1. The summed E-state index contributed by atoms with van der Waals surface area (Å²) in [6, 6.07) is 5.43. The van der Waals surface area contributed by atoms with Crippen LogP contribution in [-0.4, -0.2) is 15.7 Å². The zero-order valence-electron chi connectivity index (χ0n) is 8.02. The average molecular weight is 190 g/mol. The fourth-order valence-corrected chi connectivity index (χ4v) is 1.37. The first kappa shape index (κ1) is 8.74. The highest BCUT2D eigenvalue weighted by molar-refractivity contribution is 5.81. The van der Waals surface area contributed by atoms with E-state index < -0.39 is 0 Å². The Balaban J connectivity index is 2.46. The van der Waals surface area contributed by atoms with Crippen LogP contribution in [0.25, 0.3) is 10.9 Å². The smallest absolute Gasteiger partial charge is 0.308 e. The van der Waals surface area contributed by atoms with Crippen molar-refractivity contribution < 1.29 is 9.53 Å². The highest BCUT2D eigenvalue weighted by Crippen LogP contribution is 2.19. The molecule has 1 heterocycles. The highest BCUT2D eigenvalue weighted by atomic mass is 16.5. The van der Waals surface area contributed by atoms with Crippen LogP contribution in [0.5, 0.6) is 5.75 Å². The lowest BCUT2D eigenvalue weighted by Gasteiger charge is -2.00. The Hall–Kier alpha value is -1.84. The molecule has 0 N–H and O–H groups in total. The van der Waals surface area contributed by atoms with Gasteiger partial charge >= 0.3 is 5.97 Å². The van der Waals surface area contributed by atoms with E-state index in [0.717, 1.165) is 10.9 Å². The lowest BCUT2D eigenvalue weighted by atomic mass is 10.2. The number of aryl methyl sites for hydroxylation is 1. The molecule has 72 valence electrons. The first-order valence-corrected chi connectivity index (χ1v) is 4.27. The largest absolute Gasteiger partial charge is 0.427 e. The number of fused-ring (bicyclic) bond motifs is 1. The number of benzene rings is 1. The van der Waals surface area contributed by atoms with Gasteiger partial charge < -0.3 is 4.74 Å². The Morgan fingerprint density at radius 1 is 1.50 bits per heavy atom. The summed E-state index contributed by atoms with van der Waals surface area (Å²) >= 11 is 0. The van der Waals surface area contributed by atoms with Crippen LogP contribution >= 0.6 is 0 Å². The number of carbonyl (C=O) groups excluding carboxylic acids is 1. The molecule has 1 aromatic heterocycles. The zero-order valence-corrected chi connectivity index (χ0v) is 8.02. The van der Waals surface area contributed by atoms with Gasteiger partial charge in [-0.25, -0.2) is 0 Å². The van der Waals surface area contributed by atoms with Gasteiger partial charge in [0.15, 0.2) is 0 Å². The maximum atomic E-state index is 10.7. The summed E-state index contributed by atoms with van der Waals surface area (Å²) < 4.78 is 6.73. The van der Waals surface area contributed by atoms with E-state index in [9.17, 15) is 4.79 Å². The van der Waals surface area contributed by atoms with Gasteiger partial charge in [-0.3, -0.25) is 9.48 Å². The molecule has 0 amide bonds. The van der Waals surface area contributed by atoms with Crippen molar-refractivity contribution in [3.8, 4) is 5.75 Å². The van der Waals surface area contributed by atoms with Crippen molar-refractivity contribution in [1.29, 1.82) is 0 Å². The molecular weight excluding hydrogens is 180 g/mol.